The van der Waals surface area contributed by atoms with Gasteiger partial charge in [-0.05, 0) is 19.4 Å². The molecule has 0 aliphatic rings. The molecular weight excluding hydrogens is 166 g/mol. The SMILES string of the molecule is CCCN=C(NN)c1coc(C)c1. The summed E-state index contributed by atoms with van der Waals surface area (Å²) in [5.41, 5.74) is 3.45. The van der Waals surface area contributed by atoms with Crippen molar-refractivity contribution in [2.75, 3.05) is 6.54 Å². The van der Waals surface area contributed by atoms with E-state index in [1.165, 1.54) is 0 Å². The molecule has 4 nitrogen and oxygen atoms in total. The number of hydrazine groups is 1. The molecule has 0 radical (unpaired) electrons. The number of nitrogens with two attached hydrogens (primary N) is 1. The van der Waals surface area contributed by atoms with Gasteiger partial charge in [-0.2, -0.15) is 0 Å². The molecule has 3 N–H and O–H groups in total. The van der Waals surface area contributed by atoms with Crippen LogP contribution >= 0.6 is 0 Å². The summed E-state index contributed by atoms with van der Waals surface area (Å²) in [4.78, 5) is 4.26. The van der Waals surface area contributed by atoms with E-state index in [2.05, 4.69) is 17.3 Å². The van der Waals surface area contributed by atoms with Crippen LogP contribution in [0.1, 0.15) is 24.7 Å². The van der Waals surface area contributed by atoms with Crippen molar-refractivity contribution in [2.45, 2.75) is 20.3 Å². The van der Waals surface area contributed by atoms with Crippen LogP contribution in [0.5, 0.6) is 0 Å². The Kier molecular flexibility index (Phi) is 3.52. The Balaban J connectivity index is 2.77. The van der Waals surface area contributed by atoms with Gasteiger partial charge in [-0.1, -0.05) is 6.92 Å². The van der Waals surface area contributed by atoms with Crippen LogP contribution in [0.2, 0.25) is 0 Å². The number of hydrogen-bond donors (Lipinski definition) is 2. The number of nitrogens with one attached hydrogen (secondary N) is 1. The van der Waals surface area contributed by atoms with Gasteiger partial charge < -0.3 is 9.84 Å². The molecule has 0 aliphatic carbocycles. The van der Waals surface area contributed by atoms with Crippen LogP contribution in [-0.4, -0.2) is 12.4 Å². The largest absolute Gasteiger partial charge is 0.469 e. The average molecular weight is 181 g/mol. The van der Waals surface area contributed by atoms with Crippen LogP contribution in [0.25, 0.3) is 0 Å². The smallest absolute Gasteiger partial charge is 0.145 e. The van der Waals surface area contributed by atoms with E-state index in [0.29, 0.717) is 5.84 Å². The minimum Gasteiger partial charge on any atom is -0.469 e. The molecule has 0 saturated heterocycles. The first-order valence-electron chi connectivity index (χ1n) is 4.34. The van der Waals surface area contributed by atoms with E-state index >= 15 is 0 Å². The minimum atomic E-state index is 0.679. The van der Waals surface area contributed by atoms with Crippen molar-refractivity contribution in [3.05, 3.63) is 23.7 Å². The summed E-state index contributed by atoms with van der Waals surface area (Å²) in [6.07, 6.45) is 2.64. The van der Waals surface area contributed by atoms with E-state index in [9.17, 15) is 0 Å². The highest BCUT2D eigenvalue weighted by Gasteiger charge is 2.03. The molecule has 0 bridgehead atoms. The van der Waals surface area contributed by atoms with Crippen LogP contribution in [0.15, 0.2) is 21.7 Å². The number of hydrogen-bond acceptors (Lipinski definition) is 3. The maximum atomic E-state index is 5.33. The van der Waals surface area contributed by atoms with Gasteiger partial charge in [0.2, 0.25) is 0 Å². The first-order valence-corrected chi connectivity index (χ1v) is 4.34. The molecule has 13 heavy (non-hydrogen) atoms. The standard InChI is InChI=1S/C9H15N3O/c1-3-4-11-9(12-10)8-5-7(2)13-6-8/h5-6H,3-4,10H2,1-2H3,(H,11,12). The molecule has 0 spiro atoms. The Morgan fingerprint density at radius 2 is 2.46 bits per heavy atom. The van der Waals surface area contributed by atoms with E-state index in [-0.39, 0.29) is 0 Å². The monoisotopic (exact) mass is 181 g/mol. The minimum absolute atomic E-state index is 0.679. The second-order valence-electron chi connectivity index (χ2n) is 2.82. The van der Waals surface area contributed by atoms with Crippen molar-refractivity contribution in [1.82, 2.24) is 5.43 Å². The van der Waals surface area contributed by atoms with Crippen LogP contribution in [-0.2, 0) is 0 Å². The van der Waals surface area contributed by atoms with Gasteiger partial charge in [-0.25, -0.2) is 5.84 Å². The summed E-state index contributed by atoms with van der Waals surface area (Å²) in [6.45, 7) is 4.72. The normalized spacial score (nSPS) is 11.8. The number of nitrogens with zero attached hydrogens (tertiary/aromatic N) is 1. The van der Waals surface area contributed by atoms with Crippen LogP contribution < -0.4 is 11.3 Å². The zero-order valence-electron chi connectivity index (χ0n) is 8.00. The summed E-state index contributed by atoms with van der Waals surface area (Å²) < 4.78 is 5.15. The molecule has 1 aromatic rings. The molecule has 1 aromatic heterocycles. The molecule has 0 fully saturated rings. The van der Waals surface area contributed by atoms with Crippen molar-refractivity contribution in [1.29, 1.82) is 0 Å². The van der Waals surface area contributed by atoms with Crippen molar-refractivity contribution in [3.63, 3.8) is 0 Å². The fourth-order valence-electron chi connectivity index (χ4n) is 1.01. The molecule has 1 heterocycles. The lowest BCUT2D eigenvalue weighted by atomic mass is 10.3. The van der Waals surface area contributed by atoms with E-state index in [1.54, 1.807) is 6.26 Å². The first-order chi connectivity index (χ1) is 6.27. The van der Waals surface area contributed by atoms with Gasteiger partial charge in [0.15, 0.2) is 0 Å². The van der Waals surface area contributed by atoms with Gasteiger partial charge in [0.05, 0.1) is 5.56 Å². The number of furan rings is 1. The molecule has 0 aliphatic heterocycles. The zero-order chi connectivity index (χ0) is 9.68. The highest BCUT2D eigenvalue weighted by molar-refractivity contribution is 5.98. The quantitative estimate of drug-likeness (QED) is 0.319. The van der Waals surface area contributed by atoms with E-state index in [4.69, 9.17) is 10.3 Å². The van der Waals surface area contributed by atoms with Gasteiger partial charge in [-0.15, -0.1) is 0 Å². The van der Waals surface area contributed by atoms with E-state index in [1.807, 2.05) is 13.0 Å². The number of rotatable bonds is 3. The molecule has 0 amide bonds. The second-order valence-corrected chi connectivity index (χ2v) is 2.82. The fourth-order valence-corrected chi connectivity index (χ4v) is 1.01. The van der Waals surface area contributed by atoms with Gasteiger partial charge in [0.25, 0.3) is 0 Å². The summed E-state index contributed by atoms with van der Waals surface area (Å²) in [7, 11) is 0. The highest BCUT2D eigenvalue weighted by Crippen LogP contribution is 2.06. The fraction of sp³-hybridized carbons (Fsp3) is 0.444. The highest BCUT2D eigenvalue weighted by atomic mass is 16.3. The van der Waals surface area contributed by atoms with Crippen LogP contribution in [0.4, 0.5) is 0 Å². The summed E-state index contributed by atoms with van der Waals surface area (Å²) in [5.74, 6) is 6.87. The van der Waals surface area contributed by atoms with E-state index in [0.717, 1.165) is 24.3 Å². The van der Waals surface area contributed by atoms with Gasteiger partial charge >= 0.3 is 0 Å². The Bertz CT molecular complexity index is 291. The number of amidine groups is 1. The third-order valence-electron chi connectivity index (χ3n) is 1.63. The average Bonchev–Trinajstić information content (AvgIpc) is 2.54. The van der Waals surface area contributed by atoms with E-state index < -0.39 is 0 Å². The summed E-state index contributed by atoms with van der Waals surface area (Å²) >= 11 is 0. The Labute approximate surface area is 77.8 Å². The Morgan fingerprint density at radius 3 is 2.92 bits per heavy atom. The summed E-state index contributed by atoms with van der Waals surface area (Å²) in [6, 6.07) is 1.90. The Hall–Kier alpha value is -1.29. The lowest BCUT2D eigenvalue weighted by Crippen LogP contribution is -2.31. The van der Waals surface area contributed by atoms with Crippen LogP contribution in [0.3, 0.4) is 0 Å². The predicted molar refractivity (Wildman–Crippen MR) is 52.5 cm³/mol. The Morgan fingerprint density at radius 1 is 1.69 bits per heavy atom. The first kappa shape index (κ1) is 9.80. The lowest BCUT2D eigenvalue weighted by Gasteiger charge is -2.00. The molecule has 1 rings (SSSR count). The van der Waals surface area contributed by atoms with Crippen molar-refractivity contribution in [3.8, 4) is 0 Å². The van der Waals surface area contributed by atoms with Crippen molar-refractivity contribution >= 4 is 5.84 Å². The third-order valence-corrected chi connectivity index (χ3v) is 1.63. The summed E-state index contributed by atoms with van der Waals surface area (Å²) in [5, 5.41) is 0. The lowest BCUT2D eigenvalue weighted by molar-refractivity contribution is 0.533. The molecular formula is C9H15N3O. The topological polar surface area (TPSA) is 63.5 Å². The van der Waals surface area contributed by atoms with Gasteiger partial charge in [-0.3, -0.25) is 4.99 Å². The maximum Gasteiger partial charge on any atom is 0.145 e. The van der Waals surface area contributed by atoms with Gasteiger partial charge in [0, 0.05) is 6.54 Å². The number of aryl methyl sites for hydroxylation is 1. The molecule has 0 atom stereocenters. The van der Waals surface area contributed by atoms with Crippen molar-refractivity contribution in [2.24, 2.45) is 10.8 Å². The maximum absolute atomic E-state index is 5.33. The molecule has 4 heteroatoms. The third kappa shape index (κ3) is 2.59. The predicted octanol–water partition coefficient (Wildman–Crippen LogP) is 1.21. The number of aliphatic imine (C=N–C) groups is 1. The zero-order valence-corrected chi connectivity index (χ0v) is 8.00. The van der Waals surface area contributed by atoms with Crippen LogP contribution in [0, 0.1) is 6.92 Å². The second kappa shape index (κ2) is 4.67. The van der Waals surface area contributed by atoms with Gasteiger partial charge in [0.1, 0.15) is 17.9 Å². The molecule has 72 valence electrons. The van der Waals surface area contributed by atoms with Crippen molar-refractivity contribution < 1.29 is 4.42 Å². The molecule has 0 unspecified atom stereocenters. The molecule has 0 saturated carbocycles. The molecule has 0 aromatic carbocycles.